The van der Waals surface area contributed by atoms with E-state index in [0.29, 0.717) is 6.04 Å². The van der Waals surface area contributed by atoms with Crippen molar-refractivity contribution < 1.29 is 0 Å². The van der Waals surface area contributed by atoms with Gasteiger partial charge in [0.1, 0.15) is 0 Å². The van der Waals surface area contributed by atoms with Crippen LogP contribution < -0.4 is 10.6 Å². The van der Waals surface area contributed by atoms with Crippen LogP contribution in [0.5, 0.6) is 0 Å². The number of anilines is 2. The molecule has 1 aliphatic rings. The van der Waals surface area contributed by atoms with Crippen molar-refractivity contribution in [1.29, 1.82) is 0 Å². The van der Waals surface area contributed by atoms with Crippen LogP contribution >= 0.6 is 11.3 Å². The summed E-state index contributed by atoms with van der Waals surface area (Å²) in [4.78, 5) is 7.24. The van der Waals surface area contributed by atoms with Gasteiger partial charge >= 0.3 is 0 Å². The van der Waals surface area contributed by atoms with Crippen LogP contribution in [0.15, 0.2) is 48.5 Å². The zero-order valence-corrected chi connectivity index (χ0v) is 12.5. The predicted molar refractivity (Wildman–Crippen MR) is 89.8 cm³/mol. The van der Waals surface area contributed by atoms with Gasteiger partial charge in [-0.1, -0.05) is 41.7 Å². The van der Waals surface area contributed by atoms with Crippen molar-refractivity contribution in [2.24, 2.45) is 0 Å². The molecule has 2 aromatic carbocycles. The van der Waals surface area contributed by atoms with E-state index < -0.39 is 0 Å². The SMILES string of the molecule is Nc1ccc2nc(N3CCCC3c3ccccc3)sc2c1. The van der Waals surface area contributed by atoms with Gasteiger partial charge in [-0.25, -0.2) is 4.98 Å². The summed E-state index contributed by atoms with van der Waals surface area (Å²) in [5, 5.41) is 1.11. The molecule has 1 atom stereocenters. The Labute approximate surface area is 128 Å². The number of nitrogen functional groups attached to an aromatic ring is 1. The Morgan fingerprint density at radius 2 is 2.00 bits per heavy atom. The van der Waals surface area contributed by atoms with E-state index in [2.05, 4.69) is 35.2 Å². The molecule has 1 fully saturated rings. The molecule has 2 N–H and O–H groups in total. The Morgan fingerprint density at radius 3 is 2.86 bits per heavy atom. The minimum Gasteiger partial charge on any atom is -0.399 e. The van der Waals surface area contributed by atoms with E-state index in [9.17, 15) is 0 Å². The van der Waals surface area contributed by atoms with Crippen molar-refractivity contribution in [3.8, 4) is 0 Å². The Bertz CT molecular complexity index is 766. The molecule has 1 aromatic heterocycles. The zero-order chi connectivity index (χ0) is 14.2. The molecule has 0 radical (unpaired) electrons. The maximum atomic E-state index is 5.87. The average molecular weight is 295 g/mol. The molecule has 0 aliphatic carbocycles. The molecule has 1 saturated heterocycles. The van der Waals surface area contributed by atoms with Crippen LogP contribution in [0, 0.1) is 0 Å². The summed E-state index contributed by atoms with van der Waals surface area (Å²) in [6, 6.07) is 17.1. The summed E-state index contributed by atoms with van der Waals surface area (Å²) in [5.41, 5.74) is 9.10. The van der Waals surface area contributed by atoms with Gasteiger partial charge in [0.05, 0.1) is 16.3 Å². The summed E-state index contributed by atoms with van der Waals surface area (Å²) < 4.78 is 1.17. The number of aromatic nitrogens is 1. The molecule has 2 heterocycles. The molecule has 106 valence electrons. The number of hydrogen-bond donors (Lipinski definition) is 1. The number of hydrogen-bond acceptors (Lipinski definition) is 4. The Balaban J connectivity index is 1.73. The average Bonchev–Trinajstić information content (AvgIpc) is 3.13. The number of fused-ring (bicyclic) bond motifs is 1. The summed E-state index contributed by atoms with van der Waals surface area (Å²) in [7, 11) is 0. The topological polar surface area (TPSA) is 42.1 Å². The lowest BCUT2D eigenvalue weighted by atomic mass is 10.1. The molecule has 1 aliphatic heterocycles. The van der Waals surface area contributed by atoms with Gasteiger partial charge in [0.25, 0.3) is 0 Å². The van der Waals surface area contributed by atoms with E-state index in [1.54, 1.807) is 11.3 Å². The van der Waals surface area contributed by atoms with Crippen LogP contribution in [-0.2, 0) is 0 Å². The third-order valence-electron chi connectivity index (χ3n) is 4.08. The fourth-order valence-corrected chi connectivity index (χ4v) is 4.16. The molecule has 3 nitrogen and oxygen atoms in total. The standard InChI is InChI=1S/C17H17N3S/c18-13-8-9-14-16(11-13)21-17(19-14)20-10-4-7-15(20)12-5-2-1-3-6-12/h1-3,5-6,8-9,11,15H,4,7,10,18H2. The second-order valence-corrected chi connectivity index (χ2v) is 6.49. The molecule has 0 saturated carbocycles. The zero-order valence-electron chi connectivity index (χ0n) is 11.7. The van der Waals surface area contributed by atoms with Crippen molar-refractivity contribution in [3.05, 3.63) is 54.1 Å². The number of nitrogens with two attached hydrogens (primary N) is 1. The molecule has 3 aromatic rings. The number of rotatable bonds is 2. The molecule has 0 amide bonds. The van der Waals surface area contributed by atoms with Crippen molar-refractivity contribution in [2.45, 2.75) is 18.9 Å². The van der Waals surface area contributed by atoms with E-state index in [1.807, 2.05) is 18.2 Å². The van der Waals surface area contributed by atoms with E-state index in [1.165, 1.54) is 23.1 Å². The highest BCUT2D eigenvalue weighted by Gasteiger charge is 2.28. The Hall–Kier alpha value is -2.07. The van der Waals surface area contributed by atoms with Gasteiger partial charge in [-0.15, -0.1) is 0 Å². The number of benzene rings is 2. The van der Waals surface area contributed by atoms with Gasteiger partial charge in [-0.05, 0) is 36.6 Å². The summed E-state index contributed by atoms with van der Waals surface area (Å²) in [6.07, 6.45) is 2.42. The normalized spacial score (nSPS) is 18.5. The second-order valence-electron chi connectivity index (χ2n) is 5.49. The summed E-state index contributed by atoms with van der Waals surface area (Å²) in [5.74, 6) is 0. The van der Waals surface area contributed by atoms with Crippen LogP contribution in [0.3, 0.4) is 0 Å². The van der Waals surface area contributed by atoms with Gasteiger partial charge in [0, 0.05) is 12.2 Å². The van der Waals surface area contributed by atoms with Crippen LogP contribution in [0.2, 0.25) is 0 Å². The number of thiazole rings is 1. The highest BCUT2D eigenvalue weighted by Crippen LogP contribution is 2.39. The lowest BCUT2D eigenvalue weighted by Crippen LogP contribution is -2.22. The van der Waals surface area contributed by atoms with Crippen molar-refractivity contribution >= 4 is 32.4 Å². The van der Waals surface area contributed by atoms with Crippen molar-refractivity contribution in [2.75, 3.05) is 17.2 Å². The first-order chi connectivity index (χ1) is 10.3. The smallest absolute Gasteiger partial charge is 0.186 e. The third kappa shape index (κ3) is 2.25. The maximum absolute atomic E-state index is 5.87. The van der Waals surface area contributed by atoms with Gasteiger partial charge < -0.3 is 10.6 Å². The fourth-order valence-electron chi connectivity index (χ4n) is 3.07. The maximum Gasteiger partial charge on any atom is 0.186 e. The van der Waals surface area contributed by atoms with E-state index in [0.717, 1.165) is 22.9 Å². The minimum absolute atomic E-state index is 0.448. The largest absolute Gasteiger partial charge is 0.399 e. The molecular formula is C17H17N3S. The second kappa shape index (κ2) is 5.04. The number of nitrogens with zero attached hydrogens (tertiary/aromatic N) is 2. The molecule has 0 bridgehead atoms. The lowest BCUT2D eigenvalue weighted by Gasteiger charge is -2.24. The minimum atomic E-state index is 0.448. The summed E-state index contributed by atoms with van der Waals surface area (Å²) >= 11 is 1.74. The van der Waals surface area contributed by atoms with Gasteiger partial charge in [0.2, 0.25) is 0 Å². The van der Waals surface area contributed by atoms with E-state index in [-0.39, 0.29) is 0 Å². The van der Waals surface area contributed by atoms with Crippen molar-refractivity contribution in [3.63, 3.8) is 0 Å². The molecule has 4 heteroatoms. The van der Waals surface area contributed by atoms with Gasteiger partial charge in [0.15, 0.2) is 5.13 Å². The molecule has 1 unspecified atom stereocenters. The predicted octanol–water partition coefficient (Wildman–Crippen LogP) is 4.22. The van der Waals surface area contributed by atoms with E-state index >= 15 is 0 Å². The molecular weight excluding hydrogens is 278 g/mol. The lowest BCUT2D eigenvalue weighted by molar-refractivity contribution is 0.718. The molecule has 0 spiro atoms. The summed E-state index contributed by atoms with van der Waals surface area (Å²) in [6.45, 7) is 1.08. The monoisotopic (exact) mass is 295 g/mol. The highest BCUT2D eigenvalue weighted by molar-refractivity contribution is 7.22. The van der Waals surface area contributed by atoms with Crippen molar-refractivity contribution in [1.82, 2.24) is 4.98 Å². The quantitative estimate of drug-likeness (QED) is 0.720. The third-order valence-corrected chi connectivity index (χ3v) is 5.14. The van der Waals surface area contributed by atoms with Crippen LogP contribution in [0.25, 0.3) is 10.2 Å². The first kappa shape index (κ1) is 12.7. The molecule has 21 heavy (non-hydrogen) atoms. The highest BCUT2D eigenvalue weighted by atomic mass is 32.1. The van der Waals surface area contributed by atoms with Gasteiger partial charge in [-0.3, -0.25) is 0 Å². The van der Waals surface area contributed by atoms with Crippen LogP contribution in [0.1, 0.15) is 24.4 Å². The first-order valence-corrected chi connectivity index (χ1v) is 8.10. The fraction of sp³-hybridized carbons (Fsp3) is 0.235. The Kier molecular flexibility index (Phi) is 3.04. The first-order valence-electron chi connectivity index (χ1n) is 7.29. The molecule has 4 rings (SSSR count). The Morgan fingerprint density at radius 1 is 1.14 bits per heavy atom. The van der Waals surface area contributed by atoms with Crippen LogP contribution in [-0.4, -0.2) is 11.5 Å². The van der Waals surface area contributed by atoms with E-state index in [4.69, 9.17) is 10.7 Å². The van der Waals surface area contributed by atoms with Gasteiger partial charge in [-0.2, -0.15) is 0 Å². The van der Waals surface area contributed by atoms with Crippen LogP contribution in [0.4, 0.5) is 10.8 Å².